The maximum Gasteiger partial charge on any atom is 0.310 e. The number of carbonyl (C=O) groups is 1. The Hall–Kier alpha value is -1.51. The summed E-state index contributed by atoms with van der Waals surface area (Å²) >= 11 is 0. The van der Waals surface area contributed by atoms with Gasteiger partial charge >= 0.3 is 5.97 Å². The molecule has 88 valence electrons. The number of anilines is 1. The maximum absolute atomic E-state index is 11.0. The minimum atomic E-state index is -0.787. The molecule has 0 bridgehead atoms. The summed E-state index contributed by atoms with van der Waals surface area (Å²) in [6.07, 6.45) is 0. The molecule has 0 heterocycles. The Morgan fingerprint density at radius 2 is 2.00 bits per heavy atom. The molecular weight excluding hydrogens is 202 g/mol. The molecule has 0 aromatic heterocycles. The van der Waals surface area contributed by atoms with E-state index in [1.807, 2.05) is 32.0 Å². The highest BCUT2D eigenvalue weighted by Crippen LogP contribution is 2.20. The molecule has 0 spiro atoms. The van der Waals surface area contributed by atoms with Crippen molar-refractivity contribution in [2.24, 2.45) is 5.41 Å². The lowest BCUT2D eigenvalue weighted by atomic mass is 9.93. The van der Waals surface area contributed by atoms with Crippen molar-refractivity contribution in [3.63, 3.8) is 0 Å². The average molecular weight is 221 g/mol. The predicted molar refractivity (Wildman–Crippen MR) is 65.8 cm³/mol. The summed E-state index contributed by atoms with van der Waals surface area (Å²) in [7, 11) is 0. The average Bonchev–Trinajstić information content (AvgIpc) is 2.19. The van der Waals surface area contributed by atoms with Crippen LogP contribution in [-0.2, 0) is 4.79 Å². The van der Waals surface area contributed by atoms with Gasteiger partial charge in [0.25, 0.3) is 0 Å². The molecule has 16 heavy (non-hydrogen) atoms. The number of carboxylic acids is 1. The summed E-state index contributed by atoms with van der Waals surface area (Å²) in [5, 5.41) is 12.2. The smallest absolute Gasteiger partial charge is 0.310 e. The zero-order valence-corrected chi connectivity index (χ0v) is 10.3. The molecule has 1 aromatic carbocycles. The molecule has 0 aliphatic rings. The van der Waals surface area contributed by atoms with E-state index in [-0.39, 0.29) is 0 Å². The molecule has 0 atom stereocenters. The molecule has 1 rings (SSSR count). The Kier molecular flexibility index (Phi) is 3.58. The number of hydrogen-bond acceptors (Lipinski definition) is 2. The van der Waals surface area contributed by atoms with Crippen LogP contribution < -0.4 is 5.32 Å². The van der Waals surface area contributed by atoms with E-state index in [9.17, 15) is 4.79 Å². The molecule has 3 nitrogen and oxygen atoms in total. The maximum atomic E-state index is 11.0. The fourth-order valence-electron chi connectivity index (χ4n) is 1.32. The van der Waals surface area contributed by atoms with E-state index in [1.54, 1.807) is 13.8 Å². The first kappa shape index (κ1) is 12.6. The standard InChI is InChI=1S/C13H19NO2/c1-9-5-6-10(2)11(7-9)14-8-13(3,4)12(15)16/h5-7,14H,8H2,1-4H3,(H,15,16). The van der Waals surface area contributed by atoms with Crippen LogP contribution >= 0.6 is 0 Å². The molecule has 0 amide bonds. The zero-order chi connectivity index (χ0) is 12.3. The highest BCUT2D eigenvalue weighted by Gasteiger charge is 2.26. The second-order valence-electron chi connectivity index (χ2n) is 4.86. The van der Waals surface area contributed by atoms with Gasteiger partial charge in [0.1, 0.15) is 0 Å². The quantitative estimate of drug-likeness (QED) is 0.822. The number of aliphatic carboxylic acids is 1. The summed E-state index contributed by atoms with van der Waals surface area (Å²) < 4.78 is 0. The van der Waals surface area contributed by atoms with Crippen LogP contribution in [-0.4, -0.2) is 17.6 Å². The topological polar surface area (TPSA) is 49.3 Å². The predicted octanol–water partition coefficient (Wildman–Crippen LogP) is 2.83. The largest absolute Gasteiger partial charge is 0.481 e. The molecule has 0 aliphatic heterocycles. The number of hydrogen-bond donors (Lipinski definition) is 2. The van der Waals surface area contributed by atoms with Crippen molar-refractivity contribution in [3.05, 3.63) is 29.3 Å². The van der Waals surface area contributed by atoms with Gasteiger partial charge in [-0.15, -0.1) is 0 Å². The SMILES string of the molecule is Cc1ccc(C)c(NCC(C)(C)C(=O)O)c1. The van der Waals surface area contributed by atoms with Crippen LogP contribution in [0.3, 0.4) is 0 Å². The molecule has 3 heteroatoms. The normalized spacial score (nSPS) is 11.2. The first-order valence-electron chi connectivity index (χ1n) is 5.37. The van der Waals surface area contributed by atoms with Gasteiger partial charge in [-0.3, -0.25) is 4.79 Å². The molecule has 0 aliphatic carbocycles. The minimum Gasteiger partial charge on any atom is -0.481 e. The lowest BCUT2D eigenvalue weighted by molar-refractivity contribution is -0.146. The van der Waals surface area contributed by atoms with Gasteiger partial charge in [0.15, 0.2) is 0 Å². The van der Waals surface area contributed by atoms with Crippen LogP contribution in [0.15, 0.2) is 18.2 Å². The summed E-state index contributed by atoms with van der Waals surface area (Å²) in [5.74, 6) is -0.787. The number of rotatable bonds is 4. The number of carboxylic acid groups (broad SMARTS) is 1. The van der Waals surface area contributed by atoms with Gasteiger partial charge in [0.05, 0.1) is 5.41 Å². The van der Waals surface area contributed by atoms with E-state index in [0.29, 0.717) is 6.54 Å². The molecular formula is C13H19NO2. The molecule has 0 saturated heterocycles. The Morgan fingerprint density at radius 1 is 1.38 bits per heavy atom. The van der Waals surface area contributed by atoms with Crippen molar-refractivity contribution in [2.75, 3.05) is 11.9 Å². The van der Waals surface area contributed by atoms with Crippen LogP contribution in [0, 0.1) is 19.3 Å². The monoisotopic (exact) mass is 221 g/mol. The lowest BCUT2D eigenvalue weighted by Crippen LogP contribution is -2.31. The van der Waals surface area contributed by atoms with Gasteiger partial charge in [0, 0.05) is 12.2 Å². The van der Waals surface area contributed by atoms with E-state index in [4.69, 9.17) is 5.11 Å². The first-order chi connectivity index (χ1) is 7.33. The van der Waals surface area contributed by atoms with Gasteiger partial charge in [-0.25, -0.2) is 0 Å². The Morgan fingerprint density at radius 3 is 2.56 bits per heavy atom. The number of benzene rings is 1. The lowest BCUT2D eigenvalue weighted by Gasteiger charge is -2.21. The van der Waals surface area contributed by atoms with Crippen LogP contribution in [0.4, 0.5) is 5.69 Å². The van der Waals surface area contributed by atoms with Crippen molar-refractivity contribution < 1.29 is 9.90 Å². The third-order valence-electron chi connectivity index (χ3n) is 2.69. The van der Waals surface area contributed by atoms with E-state index in [2.05, 4.69) is 5.32 Å². The Balaban J connectivity index is 2.75. The third-order valence-corrected chi connectivity index (χ3v) is 2.69. The number of nitrogens with one attached hydrogen (secondary N) is 1. The zero-order valence-electron chi connectivity index (χ0n) is 10.3. The van der Waals surface area contributed by atoms with Crippen molar-refractivity contribution >= 4 is 11.7 Å². The molecule has 0 unspecified atom stereocenters. The van der Waals surface area contributed by atoms with Gasteiger partial charge in [0.2, 0.25) is 0 Å². The fraction of sp³-hybridized carbons (Fsp3) is 0.462. The Bertz CT molecular complexity index is 397. The van der Waals surface area contributed by atoms with Crippen LogP contribution in [0.1, 0.15) is 25.0 Å². The van der Waals surface area contributed by atoms with Crippen molar-refractivity contribution in [2.45, 2.75) is 27.7 Å². The molecule has 1 aromatic rings. The number of aryl methyl sites for hydroxylation is 2. The van der Waals surface area contributed by atoms with Crippen molar-refractivity contribution in [1.82, 2.24) is 0 Å². The first-order valence-corrected chi connectivity index (χ1v) is 5.37. The third kappa shape index (κ3) is 2.99. The van der Waals surface area contributed by atoms with E-state index >= 15 is 0 Å². The van der Waals surface area contributed by atoms with Crippen molar-refractivity contribution in [1.29, 1.82) is 0 Å². The minimum absolute atomic E-state index is 0.423. The second-order valence-corrected chi connectivity index (χ2v) is 4.86. The highest BCUT2D eigenvalue weighted by atomic mass is 16.4. The van der Waals surface area contributed by atoms with Gasteiger partial charge in [-0.1, -0.05) is 12.1 Å². The van der Waals surface area contributed by atoms with Gasteiger partial charge in [-0.2, -0.15) is 0 Å². The van der Waals surface area contributed by atoms with Crippen LogP contribution in [0.25, 0.3) is 0 Å². The summed E-state index contributed by atoms with van der Waals surface area (Å²) in [5.41, 5.74) is 2.55. The van der Waals surface area contributed by atoms with Gasteiger partial charge in [-0.05, 0) is 44.9 Å². The Labute approximate surface area is 96.5 Å². The van der Waals surface area contributed by atoms with Gasteiger partial charge < -0.3 is 10.4 Å². The fourth-order valence-corrected chi connectivity index (χ4v) is 1.32. The summed E-state index contributed by atoms with van der Waals surface area (Å²) in [6.45, 7) is 7.88. The van der Waals surface area contributed by atoms with Crippen molar-refractivity contribution in [3.8, 4) is 0 Å². The highest BCUT2D eigenvalue weighted by molar-refractivity contribution is 5.74. The van der Waals surface area contributed by atoms with Crippen LogP contribution in [0.5, 0.6) is 0 Å². The second kappa shape index (κ2) is 4.56. The van der Waals surface area contributed by atoms with E-state index in [1.165, 1.54) is 5.56 Å². The molecule has 0 radical (unpaired) electrons. The molecule has 0 fully saturated rings. The molecule has 2 N–H and O–H groups in total. The van der Waals surface area contributed by atoms with E-state index < -0.39 is 11.4 Å². The van der Waals surface area contributed by atoms with E-state index in [0.717, 1.165) is 11.3 Å². The molecule has 0 saturated carbocycles. The summed E-state index contributed by atoms with van der Waals surface area (Å²) in [4.78, 5) is 11.0. The van der Waals surface area contributed by atoms with Crippen LogP contribution in [0.2, 0.25) is 0 Å². The summed E-state index contributed by atoms with van der Waals surface area (Å²) in [6, 6.07) is 6.11.